The lowest BCUT2D eigenvalue weighted by Crippen LogP contribution is -2.31. The van der Waals surface area contributed by atoms with Gasteiger partial charge in [0, 0.05) is 31.9 Å². The fraction of sp³-hybridized carbons (Fsp3) is 0.588. The number of hydrogen-bond acceptors (Lipinski definition) is 3. The summed E-state index contributed by atoms with van der Waals surface area (Å²) in [6.07, 6.45) is 3.20. The van der Waals surface area contributed by atoms with E-state index in [0.29, 0.717) is 17.9 Å². The summed E-state index contributed by atoms with van der Waals surface area (Å²) >= 11 is 0. The van der Waals surface area contributed by atoms with Crippen LogP contribution in [0.5, 0.6) is 0 Å². The van der Waals surface area contributed by atoms with Gasteiger partial charge in [0.05, 0.1) is 11.8 Å². The second-order valence-electron chi connectivity index (χ2n) is 6.18. The van der Waals surface area contributed by atoms with Crippen molar-refractivity contribution in [2.75, 3.05) is 30.4 Å². The summed E-state index contributed by atoms with van der Waals surface area (Å²) in [6.45, 7) is 5.35. The third-order valence-corrected chi connectivity index (χ3v) is 4.14. The van der Waals surface area contributed by atoms with Gasteiger partial charge >= 0.3 is 6.03 Å². The third-order valence-electron chi connectivity index (χ3n) is 4.14. The smallest absolute Gasteiger partial charge is 0.319 e. The first-order valence-corrected chi connectivity index (χ1v) is 8.16. The molecule has 1 aliphatic rings. The van der Waals surface area contributed by atoms with Gasteiger partial charge < -0.3 is 20.3 Å². The van der Waals surface area contributed by atoms with E-state index in [1.165, 1.54) is 6.07 Å². The lowest BCUT2D eigenvalue weighted by Gasteiger charge is -2.24. The Morgan fingerprint density at radius 1 is 1.48 bits per heavy atom. The number of anilines is 2. The standard InChI is InChI=1S/C17H26FN3O2/c1-12(2)21(3)16-7-6-13(11-15(16)18)20-17(22)19-9-8-14-5-4-10-23-14/h6-7,11-12,14H,4-5,8-10H2,1-3H3,(H2,19,20,22). The summed E-state index contributed by atoms with van der Waals surface area (Å²) in [4.78, 5) is 13.7. The number of halogens is 1. The minimum Gasteiger partial charge on any atom is -0.378 e. The maximum Gasteiger partial charge on any atom is 0.319 e. The zero-order valence-electron chi connectivity index (χ0n) is 14.1. The molecule has 5 nitrogen and oxygen atoms in total. The van der Waals surface area contributed by atoms with E-state index < -0.39 is 0 Å². The van der Waals surface area contributed by atoms with Gasteiger partial charge in [-0.25, -0.2) is 9.18 Å². The molecule has 1 atom stereocenters. The van der Waals surface area contributed by atoms with Crippen molar-refractivity contribution in [3.8, 4) is 0 Å². The van der Waals surface area contributed by atoms with Gasteiger partial charge in [0.2, 0.25) is 0 Å². The van der Waals surface area contributed by atoms with Gasteiger partial charge in [-0.05, 0) is 51.3 Å². The Morgan fingerprint density at radius 2 is 2.26 bits per heavy atom. The molecule has 2 amide bonds. The molecule has 0 aromatic heterocycles. The van der Waals surface area contributed by atoms with Gasteiger partial charge in [0.25, 0.3) is 0 Å². The molecule has 1 fully saturated rings. The van der Waals surface area contributed by atoms with Gasteiger partial charge in [-0.2, -0.15) is 0 Å². The Hall–Kier alpha value is -1.82. The molecule has 1 aromatic carbocycles. The molecule has 1 heterocycles. The zero-order valence-corrected chi connectivity index (χ0v) is 14.1. The second kappa shape index (κ2) is 8.15. The maximum absolute atomic E-state index is 14.1. The van der Waals surface area contributed by atoms with Crippen molar-refractivity contribution < 1.29 is 13.9 Å². The summed E-state index contributed by atoms with van der Waals surface area (Å²) in [7, 11) is 1.84. The van der Waals surface area contributed by atoms with Crippen LogP contribution in [0.4, 0.5) is 20.6 Å². The van der Waals surface area contributed by atoms with Crippen LogP contribution in [0.3, 0.4) is 0 Å². The maximum atomic E-state index is 14.1. The summed E-state index contributed by atoms with van der Waals surface area (Å²) in [5.41, 5.74) is 0.961. The van der Waals surface area contributed by atoms with Gasteiger partial charge in [-0.1, -0.05) is 0 Å². The van der Waals surface area contributed by atoms with E-state index in [2.05, 4.69) is 10.6 Å². The van der Waals surface area contributed by atoms with Gasteiger partial charge in [0.15, 0.2) is 0 Å². The largest absolute Gasteiger partial charge is 0.378 e. The normalized spacial score (nSPS) is 17.3. The van der Waals surface area contributed by atoms with E-state index in [1.807, 2.05) is 25.8 Å². The van der Waals surface area contributed by atoms with Gasteiger partial charge in [0.1, 0.15) is 5.82 Å². The van der Waals surface area contributed by atoms with E-state index in [9.17, 15) is 9.18 Å². The van der Waals surface area contributed by atoms with Crippen LogP contribution < -0.4 is 15.5 Å². The quantitative estimate of drug-likeness (QED) is 0.844. The Morgan fingerprint density at radius 3 is 2.87 bits per heavy atom. The van der Waals surface area contributed by atoms with E-state index in [-0.39, 0.29) is 24.0 Å². The van der Waals surface area contributed by atoms with Crippen LogP contribution in [-0.2, 0) is 4.74 Å². The number of rotatable bonds is 6. The molecule has 2 rings (SSSR count). The van der Waals surface area contributed by atoms with Crippen molar-refractivity contribution >= 4 is 17.4 Å². The van der Waals surface area contributed by atoms with E-state index >= 15 is 0 Å². The van der Waals surface area contributed by atoms with Crippen LogP contribution in [0.15, 0.2) is 18.2 Å². The summed E-state index contributed by atoms with van der Waals surface area (Å²) in [5.74, 6) is -0.349. The molecule has 1 unspecified atom stereocenters. The van der Waals surface area contributed by atoms with E-state index in [0.717, 1.165) is 25.9 Å². The number of carbonyl (C=O) groups is 1. The Balaban J connectivity index is 1.82. The predicted molar refractivity (Wildman–Crippen MR) is 90.6 cm³/mol. The lowest BCUT2D eigenvalue weighted by atomic mass is 10.2. The van der Waals surface area contributed by atoms with Crippen LogP contribution in [0, 0.1) is 5.82 Å². The van der Waals surface area contributed by atoms with Crippen LogP contribution in [0.2, 0.25) is 0 Å². The number of nitrogens with zero attached hydrogens (tertiary/aromatic N) is 1. The number of carbonyl (C=O) groups excluding carboxylic acids is 1. The molecule has 1 saturated heterocycles. The van der Waals surface area contributed by atoms with E-state index in [1.54, 1.807) is 12.1 Å². The molecule has 23 heavy (non-hydrogen) atoms. The molecule has 0 aliphatic carbocycles. The predicted octanol–water partition coefficient (Wildman–Crippen LogP) is 3.36. The Kier molecular flexibility index (Phi) is 6.21. The highest BCUT2D eigenvalue weighted by Gasteiger charge is 2.15. The van der Waals surface area contributed by atoms with Gasteiger partial charge in [-0.15, -0.1) is 0 Å². The van der Waals surface area contributed by atoms with Crippen molar-refractivity contribution in [1.82, 2.24) is 5.32 Å². The van der Waals surface area contributed by atoms with Crippen LogP contribution in [-0.4, -0.2) is 38.4 Å². The molecule has 0 bridgehead atoms. The van der Waals surface area contributed by atoms with Gasteiger partial charge in [-0.3, -0.25) is 0 Å². The molecule has 1 aromatic rings. The van der Waals surface area contributed by atoms with Crippen molar-refractivity contribution in [2.24, 2.45) is 0 Å². The lowest BCUT2D eigenvalue weighted by molar-refractivity contribution is 0.105. The second-order valence-corrected chi connectivity index (χ2v) is 6.18. The fourth-order valence-corrected chi connectivity index (χ4v) is 2.54. The monoisotopic (exact) mass is 323 g/mol. The topological polar surface area (TPSA) is 53.6 Å². The number of nitrogens with one attached hydrogen (secondary N) is 2. The highest BCUT2D eigenvalue weighted by atomic mass is 19.1. The number of amides is 2. The SMILES string of the molecule is CC(C)N(C)c1ccc(NC(=O)NCCC2CCCO2)cc1F. The van der Waals surface area contributed by atoms with Crippen LogP contribution in [0.25, 0.3) is 0 Å². The average molecular weight is 323 g/mol. The molecular weight excluding hydrogens is 297 g/mol. The summed E-state index contributed by atoms with van der Waals surface area (Å²) in [6, 6.07) is 4.60. The van der Waals surface area contributed by atoms with Crippen molar-refractivity contribution in [3.05, 3.63) is 24.0 Å². The first-order chi connectivity index (χ1) is 11.0. The zero-order chi connectivity index (χ0) is 16.8. The molecule has 0 spiro atoms. The van der Waals surface area contributed by atoms with Crippen molar-refractivity contribution in [2.45, 2.75) is 45.3 Å². The third kappa shape index (κ3) is 5.10. The first kappa shape index (κ1) is 17.5. The summed E-state index contributed by atoms with van der Waals surface area (Å²) in [5, 5.41) is 5.42. The van der Waals surface area contributed by atoms with Crippen molar-refractivity contribution in [1.29, 1.82) is 0 Å². The molecular formula is C17H26FN3O2. The Labute approximate surface area is 137 Å². The minimum atomic E-state index is -0.349. The summed E-state index contributed by atoms with van der Waals surface area (Å²) < 4.78 is 19.6. The van der Waals surface area contributed by atoms with Crippen molar-refractivity contribution in [3.63, 3.8) is 0 Å². The number of urea groups is 1. The molecule has 128 valence electrons. The number of benzene rings is 1. The highest BCUT2D eigenvalue weighted by Crippen LogP contribution is 2.23. The molecule has 1 aliphatic heterocycles. The highest BCUT2D eigenvalue weighted by molar-refractivity contribution is 5.89. The molecule has 2 N–H and O–H groups in total. The molecule has 6 heteroatoms. The molecule has 0 radical (unpaired) electrons. The molecule has 0 saturated carbocycles. The average Bonchev–Trinajstić information content (AvgIpc) is 3.00. The van der Waals surface area contributed by atoms with E-state index in [4.69, 9.17) is 4.74 Å². The first-order valence-electron chi connectivity index (χ1n) is 8.16. The van der Waals surface area contributed by atoms with Crippen LogP contribution in [0.1, 0.15) is 33.1 Å². The number of hydrogen-bond donors (Lipinski definition) is 2. The fourth-order valence-electron chi connectivity index (χ4n) is 2.54. The van der Waals surface area contributed by atoms with Crippen LogP contribution >= 0.6 is 0 Å². The number of ether oxygens (including phenoxy) is 1. The Bertz CT molecular complexity index is 531. The minimum absolute atomic E-state index is 0.199.